The van der Waals surface area contributed by atoms with E-state index in [0.29, 0.717) is 19.8 Å². The minimum atomic E-state index is -0.672. The van der Waals surface area contributed by atoms with Crippen molar-refractivity contribution in [3.05, 3.63) is 126 Å². The van der Waals surface area contributed by atoms with Crippen LogP contribution in [0.25, 0.3) is 6.08 Å². The summed E-state index contributed by atoms with van der Waals surface area (Å²) in [6.07, 6.45) is 5.87. The van der Waals surface area contributed by atoms with Gasteiger partial charge in [-0.1, -0.05) is 109 Å². The van der Waals surface area contributed by atoms with Gasteiger partial charge in [-0.2, -0.15) is 0 Å². The molecule has 3 aromatic rings. The fourth-order valence-electron chi connectivity index (χ4n) is 4.62. The fraction of sp³-hybridized carbons (Fsp3) is 0.290. The molecule has 0 bridgehead atoms. The molecule has 1 aliphatic heterocycles. The van der Waals surface area contributed by atoms with Gasteiger partial charge in [-0.25, -0.2) is 0 Å². The van der Waals surface area contributed by atoms with E-state index in [1.807, 2.05) is 72.8 Å². The summed E-state index contributed by atoms with van der Waals surface area (Å²) in [5, 5.41) is 11.5. The lowest BCUT2D eigenvalue weighted by atomic mass is 10.1. The third-order valence-corrected chi connectivity index (χ3v) is 6.44. The number of rotatable bonds is 12. The van der Waals surface area contributed by atoms with E-state index in [1.165, 1.54) is 0 Å². The van der Waals surface area contributed by atoms with Gasteiger partial charge in [0.05, 0.1) is 31.9 Å². The summed E-state index contributed by atoms with van der Waals surface area (Å²) in [4.78, 5) is 2.31. The van der Waals surface area contributed by atoms with Crippen LogP contribution in [0.15, 0.2) is 110 Å². The van der Waals surface area contributed by atoms with Crippen molar-refractivity contribution in [3.63, 3.8) is 0 Å². The molecule has 4 heteroatoms. The van der Waals surface area contributed by atoms with E-state index in [2.05, 4.69) is 47.9 Å². The lowest BCUT2D eigenvalue weighted by Gasteiger charge is -2.29. The summed E-state index contributed by atoms with van der Waals surface area (Å²) in [5.74, 6) is 0. The molecule has 1 aliphatic rings. The normalized spacial score (nSPS) is 22.5. The van der Waals surface area contributed by atoms with Crippen LogP contribution in [0, 0.1) is 0 Å². The Labute approximate surface area is 209 Å². The molecule has 4 rings (SSSR count). The highest BCUT2D eigenvalue weighted by atomic mass is 16.5. The molecule has 182 valence electrons. The van der Waals surface area contributed by atoms with E-state index < -0.39 is 6.10 Å². The van der Waals surface area contributed by atoms with Gasteiger partial charge in [0.2, 0.25) is 0 Å². The van der Waals surface area contributed by atoms with E-state index in [-0.39, 0.29) is 18.2 Å². The second-order valence-electron chi connectivity index (χ2n) is 8.90. The monoisotopic (exact) mass is 469 g/mol. The second-order valence-corrected chi connectivity index (χ2v) is 8.90. The van der Waals surface area contributed by atoms with Gasteiger partial charge in [-0.05, 0) is 23.1 Å². The first-order valence-corrected chi connectivity index (χ1v) is 12.3. The van der Waals surface area contributed by atoms with Gasteiger partial charge in [0.1, 0.15) is 12.2 Å². The average molecular weight is 470 g/mol. The Hall–Kier alpha value is -3.02. The first-order chi connectivity index (χ1) is 17.3. The molecular weight excluding hydrogens is 434 g/mol. The zero-order valence-electron chi connectivity index (χ0n) is 20.2. The highest BCUT2D eigenvalue weighted by molar-refractivity contribution is 5.50. The molecule has 0 radical (unpaired) electrons. The Morgan fingerprint density at radius 3 is 2.06 bits per heavy atom. The van der Waals surface area contributed by atoms with E-state index >= 15 is 0 Å². The van der Waals surface area contributed by atoms with Crippen molar-refractivity contribution in [1.82, 2.24) is 4.90 Å². The van der Waals surface area contributed by atoms with E-state index in [9.17, 15) is 5.11 Å². The summed E-state index contributed by atoms with van der Waals surface area (Å²) < 4.78 is 12.6. The minimum absolute atomic E-state index is 0.0807. The van der Waals surface area contributed by atoms with Gasteiger partial charge >= 0.3 is 0 Å². The third-order valence-electron chi connectivity index (χ3n) is 6.44. The summed E-state index contributed by atoms with van der Waals surface area (Å²) in [6.45, 7) is 6.13. The first kappa shape index (κ1) is 25.1. The second kappa shape index (κ2) is 13.2. The molecule has 1 N–H and O–H groups in total. The molecule has 3 aromatic carbocycles. The average Bonchev–Trinajstić information content (AvgIpc) is 3.16. The molecule has 0 saturated carbocycles. The fourth-order valence-corrected chi connectivity index (χ4v) is 4.62. The quantitative estimate of drug-likeness (QED) is 0.356. The number of hydrogen-bond donors (Lipinski definition) is 1. The number of ether oxygens (including phenoxy) is 2. The summed E-state index contributed by atoms with van der Waals surface area (Å²) in [7, 11) is 0. The van der Waals surface area contributed by atoms with Crippen molar-refractivity contribution >= 4 is 6.08 Å². The van der Waals surface area contributed by atoms with Gasteiger partial charge in [0, 0.05) is 6.54 Å². The van der Waals surface area contributed by atoms with E-state index in [4.69, 9.17) is 9.47 Å². The predicted octanol–water partition coefficient (Wildman–Crippen LogP) is 5.49. The Kier molecular flexibility index (Phi) is 9.44. The number of benzene rings is 3. The molecule has 1 heterocycles. The molecule has 0 unspecified atom stereocenters. The maximum atomic E-state index is 11.5. The topological polar surface area (TPSA) is 41.9 Å². The number of aliphatic hydroxyl groups excluding tert-OH is 1. The molecule has 0 amide bonds. The largest absolute Gasteiger partial charge is 0.388 e. The van der Waals surface area contributed by atoms with Gasteiger partial charge in [0.25, 0.3) is 0 Å². The van der Waals surface area contributed by atoms with Crippen molar-refractivity contribution in [2.75, 3.05) is 13.2 Å². The van der Waals surface area contributed by atoms with Crippen LogP contribution >= 0.6 is 0 Å². The number of likely N-dealkylation sites (tertiary alicyclic amines) is 1. The highest BCUT2D eigenvalue weighted by Gasteiger charge is 2.47. The number of aliphatic hydroxyl groups is 1. The van der Waals surface area contributed by atoms with E-state index in [1.54, 1.807) is 0 Å². The SMILES string of the molecule is C=CCCN1[C@@H](/C=C/c2ccccc2)[C@H](O)[C@H](OCc2ccccc2)[C@@H]1COCc1ccccc1. The Balaban J connectivity index is 1.54. The van der Waals surface area contributed by atoms with Crippen molar-refractivity contribution in [1.29, 1.82) is 0 Å². The summed E-state index contributed by atoms with van der Waals surface area (Å²) >= 11 is 0. The highest BCUT2D eigenvalue weighted by Crippen LogP contribution is 2.31. The van der Waals surface area contributed by atoms with Crippen LogP contribution in [0.5, 0.6) is 0 Å². The summed E-state index contributed by atoms with van der Waals surface area (Å²) in [6, 6.07) is 30.2. The maximum absolute atomic E-state index is 11.5. The van der Waals surface area contributed by atoms with Crippen molar-refractivity contribution in [2.24, 2.45) is 0 Å². The van der Waals surface area contributed by atoms with Crippen LogP contribution in [0.4, 0.5) is 0 Å². The smallest absolute Gasteiger partial charge is 0.103 e. The molecule has 4 nitrogen and oxygen atoms in total. The van der Waals surface area contributed by atoms with Gasteiger partial charge in [0.15, 0.2) is 0 Å². The van der Waals surface area contributed by atoms with Gasteiger partial charge in [-0.3, -0.25) is 4.90 Å². The van der Waals surface area contributed by atoms with Crippen LogP contribution in [0.3, 0.4) is 0 Å². The molecule has 1 saturated heterocycles. The molecule has 35 heavy (non-hydrogen) atoms. The molecule has 0 spiro atoms. The van der Waals surface area contributed by atoms with E-state index in [0.717, 1.165) is 29.7 Å². The van der Waals surface area contributed by atoms with Crippen LogP contribution in [0.1, 0.15) is 23.1 Å². The van der Waals surface area contributed by atoms with Crippen molar-refractivity contribution in [2.45, 2.75) is 43.9 Å². The number of hydrogen-bond acceptors (Lipinski definition) is 4. The molecule has 4 atom stereocenters. The van der Waals surface area contributed by atoms with Crippen LogP contribution < -0.4 is 0 Å². The lowest BCUT2D eigenvalue weighted by molar-refractivity contribution is -0.0562. The Bertz CT molecular complexity index is 1040. The maximum Gasteiger partial charge on any atom is 0.103 e. The minimum Gasteiger partial charge on any atom is -0.388 e. The van der Waals surface area contributed by atoms with Crippen molar-refractivity contribution < 1.29 is 14.6 Å². The lowest BCUT2D eigenvalue weighted by Crippen LogP contribution is -2.42. The van der Waals surface area contributed by atoms with Crippen molar-refractivity contribution in [3.8, 4) is 0 Å². The zero-order chi connectivity index (χ0) is 24.3. The predicted molar refractivity (Wildman–Crippen MR) is 142 cm³/mol. The molecule has 0 aliphatic carbocycles. The molecule has 0 aromatic heterocycles. The summed E-state index contributed by atoms with van der Waals surface area (Å²) in [5.41, 5.74) is 3.32. The first-order valence-electron chi connectivity index (χ1n) is 12.3. The van der Waals surface area contributed by atoms with Crippen LogP contribution in [-0.4, -0.2) is 47.4 Å². The molecular formula is C31H35NO3. The van der Waals surface area contributed by atoms with Crippen LogP contribution in [0.2, 0.25) is 0 Å². The van der Waals surface area contributed by atoms with Gasteiger partial charge < -0.3 is 14.6 Å². The third kappa shape index (κ3) is 7.00. The van der Waals surface area contributed by atoms with Gasteiger partial charge in [-0.15, -0.1) is 6.58 Å². The Morgan fingerprint density at radius 1 is 0.829 bits per heavy atom. The Morgan fingerprint density at radius 2 is 1.43 bits per heavy atom. The van der Waals surface area contributed by atoms with Crippen LogP contribution in [-0.2, 0) is 22.7 Å². The standard InChI is InChI=1S/C31H35NO3/c1-2-3-21-32-28(20-19-25-13-7-4-8-14-25)30(33)31(35-23-27-17-11-6-12-18-27)29(32)24-34-22-26-15-9-5-10-16-26/h2,4-20,28-31,33H,1,3,21-24H2/b20-19+/t28-,29-,30-,31+/m0/s1. The zero-order valence-corrected chi connectivity index (χ0v) is 20.2. The number of nitrogens with zero attached hydrogens (tertiary/aromatic N) is 1. The molecule has 1 fully saturated rings.